The number of amides is 1. The molecular weight excluding hydrogens is 290 g/mol. The molecule has 0 saturated carbocycles. The molecule has 0 fully saturated rings. The van der Waals surface area contributed by atoms with Gasteiger partial charge >= 0.3 is 0 Å². The summed E-state index contributed by atoms with van der Waals surface area (Å²) in [6.45, 7) is 0.673. The van der Waals surface area contributed by atoms with Gasteiger partial charge in [0.25, 0.3) is 5.91 Å². The van der Waals surface area contributed by atoms with Crippen LogP contribution in [0.2, 0.25) is 0 Å². The van der Waals surface area contributed by atoms with E-state index in [9.17, 15) is 4.79 Å². The van der Waals surface area contributed by atoms with E-state index in [2.05, 4.69) is 22.8 Å². The van der Waals surface area contributed by atoms with Gasteiger partial charge in [0, 0.05) is 28.5 Å². The molecule has 1 N–H and O–H groups in total. The van der Waals surface area contributed by atoms with E-state index in [0.29, 0.717) is 17.9 Å². The molecule has 1 aromatic heterocycles. The average Bonchev–Trinajstić information content (AvgIpc) is 3.00. The molecule has 106 valence electrons. The van der Waals surface area contributed by atoms with Gasteiger partial charge in [0.15, 0.2) is 0 Å². The second-order valence-corrected chi connectivity index (χ2v) is 6.26. The Kier molecular flexibility index (Phi) is 5.95. The van der Waals surface area contributed by atoms with Gasteiger partial charge in [0.05, 0.1) is 7.11 Å². The third-order valence-corrected chi connectivity index (χ3v) is 4.76. The minimum absolute atomic E-state index is 0.0550. The summed E-state index contributed by atoms with van der Waals surface area (Å²) in [5.41, 5.74) is 0.632. The Morgan fingerprint density at radius 2 is 2.25 bits per heavy atom. The zero-order valence-electron chi connectivity index (χ0n) is 11.3. The number of nitrogens with one attached hydrogen (secondary N) is 1. The fraction of sp³-hybridized carbons (Fsp3) is 0.267. The number of rotatable bonds is 7. The van der Waals surface area contributed by atoms with Crippen molar-refractivity contribution >= 4 is 29.0 Å². The van der Waals surface area contributed by atoms with Crippen LogP contribution in [-0.2, 0) is 5.75 Å². The van der Waals surface area contributed by atoms with Gasteiger partial charge < -0.3 is 10.1 Å². The lowest BCUT2D eigenvalue weighted by atomic mass is 10.2. The maximum Gasteiger partial charge on any atom is 0.251 e. The Morgan fingerprint density at radius 1 is 1.35 bits per heavy atom. The Hall–Kier alpha value is -1.46. The Bertz CT molecular complexity index is 541. The molecule has 0 unspecified atom stereocenters. The Labute approximate surface area is 127 Å². The zero-order chi connectivity index (χ0) is 14.2. The van der Waals surface area contributed by atoms with E-state index < -0.39 is 0 Å². The summed E-state index contributed by atoms with van der Waals surface area (Å²) in [6, 6.07) is 11.4. The van der Waals surface area contributed by atoms with Crippen molar-refractivity contribution in [2.45, 2.75) is 5.75 Å². The molecule has 3 nitrogen and oxygen atoms in total. The third-order valence-electron chi connectivity index (χ3n) is 2.69. The molecule has 5 heteroatoms. The van der Waals surface area contributed by atoms with E-state index in [-0.39, 0.29) is 5.91 Å². The normalized spacial score (nSPS) is 10.2. The highest BCUT2D eigenvalue weighted by Gasteiger charge is 2.05. The fourth-order valence-corrected chi connectivity index (χ4v) is 3.37. The van der Waals surface area contributed by atoms with Crippen molar-refractivity contribution in [3.8, 4) is 5.75 Å². The van der Waals surface area contributed by atoms with E-state index in [4.69, 9.17) is 4.74 Å². The average molecular weight is 307 g/mol. The number of methoxy groups -OCH3 is 1. The van der Waals surface area contributed by atoms with E-state index in [0.717, 1.165) is 11.5 Å². The van der Waals surface area contributed by atoms with Crippen LogP contribution in [0, 0.1) is 0 Å². The highest BCUT2D eigenvalue weighted by Crippen LogP contribution is 2.16. The minimum atomic E-state index is -0.0550. The first-order valence-corrected chi connectivity index (χ1v) is 8.35. The number of hydrogen-bond acceptors (Lipinski definition) is 4. The van der Waals surface area contributed by atoms with Gasteiger partial charge in [-0.25, -0.2) is 0 Å². The van der Waals surface area contributed by atoms with Gasteiger partial charge in [0.1, 0.15) is 5.75 Å². The maximum absolute atomic E-state index is 11.9. The van der Waals surface area contributed by atoms with E-state index in [1.807, 2.05) is 23.9 Å². The number of benzene rings is 1. The number of ether oxygens (including phenoxy) is 1. The van der Waals surface area contributed by atoms with Crippen LogP contribution in [0.5, 0.6) is 5.75 Å². The van der Waals surface area contributed by atoms with Crippen LogP contribution >= 0.6 is 23.1 Å². The lowest BCUT2D eigenvalue weighted by Gasteiger charge is -2.06. The van der Waals surface area contributed by atoms with Crippen molar-refractivity contribution in [2.75, 3.05) is 19.4 Å². The van der Waals surface area contributed by atoms with E-state index in [1.54, 1.807) is 30.6 Å². The molecular formula is C15H17NO2S2. The van der Waals surface area contributed by atoms with E-state index in [1.165, 1.54) is 4.88 Å². The number of hydrogen-bond donors (Lipinski definition) is 1. The first-order valence-electron chi connectivity index (χ1n) is 6.32. The number of carbonyl (C=O) groups is 1. The molecule has 1 heterocycles. The standard InChI is InChI=1S/C15H17NO2S2/c1-18-13-5-2-4-12(10-13)15(17)16-7-9-19-11-14-6-3-8-20-14/h2-6,8,10H,7,9,11H2,1H3,(H,16,17). The molecule has 0 saturated heterocycles. The minimum Gasteiger partial charge on any atom is -0.497 e. The summed E-state index contributed by atoms with van der Waals surface area (Å²) in [6.07, 6.45) is 0. The highest BCUT2D eigenvalue weighted by atomic mass is 32.2. The molecule has 1 amide bonds. The summed E-state index contributed by atoms with van der Waals surface area (Å²) < 4.78 is 5.11. The van der Waals surface area contributed by atoms with Crippen molar-refractivity contribution in [3.05, 3.63) is 52.2 Å². The first kappa shape index (κ1) is 14.9. The molecule has 0 atom stereocenters. The Morgan fingerprint density at radius 3 is 3.00 bits per heavy atom. The number of carbonyl (C=O) groups excluding carboxylic acids is 1. The molecule has 0 spiro atoms. The molecule has 20 heavy (non-hydrogen) atoms. The molecule has 0 aliphatic rings. The second-order valence-electron chi connectivity index (χ2n) is 4.12. The van der Waals surface area contributed by atoms with E-state index >= 15 is 0 Å². The van der Waals surface area contributed by atoms with Crippen LogP contribution in [0.3, 0.4) is 0 Å². The zero-order valence-corrected chi connectivity index (χ0v) is 12.9. The van der Waals surface area contributed by atoms with Crippen molar-refractivity contribution in [3.63, 3.8) is 0 Å². The third kappa shape index (κ3) is 4.58. The maximum atomic E-state index is 11.9. The summed E-state index contributed by atoms with van der Waals surface area (Å²) in [4.78, 5) is 13.3. The van der Waals surface area contributed by atoms with Gasteiger partial charge in [-0.3, -0.25) is 4.79 Å². The van der Waals surface area contributed by atoms with Crippen LogP contribution < -0.4 is 10.1 Å². The molecule has 2 aromatic rings. The molecule has 0 bridgehead atoms. The quantitative estimate of drug-likeness (QED) is 0.797. The summed E-state index contributed by atoms with van der Waals surface area (Å²) in [5, 5.41) is 5.00. The monoisotopic (exact) mass is 307 g/mol. The van der Waals surface area contributed by atoms with Gasteiger partial charge in [-0.2, -0.15) is 11.8 Å². The van der Waals surface area contributed by atoms with Crippen LogP contribution in [-0.4, -0.2) is 25.3 Å². The van der Waals surface area contributed by atoms with Crippen LogP contribution in [0.4, 0.5) is 0 Å². The second kappa shape index (κ2) is 7.97. The Balaban J connectivity index is 1.69. The van der Waals surface area contributed by atoms with Gasteiger partial charge in [-0.1, -0.05) is 12.1 Å². The van der Waals surface area contributed by atoms with Crippen molar-refractivity contribution in [2.24, 2.45) is 0 Å². The predicted octanol–water partition coefficient (Wildman–Crippen LogP) is 3.42. The number of thioether (sulfide) groups is 1. The summed E-state index contributed by atoms with van der Waals surface area (Å²) in [5.74, 6) is 2.56. The molecule has 0 radical (unpaired) electrons. The van der Waals surface area contributed by atoms with Gasteiger partial charge in [-0.05, 0) is 29.6 Å². The molecule has 0 aliphatic carbocycles. The van der Waals surface area contributed by atoms with Crippen molar-refractivity contribution in [1.29, 1.82) is 0 Å². The first-order chi connectivity index (χ1) is 9.79. The van der Waals surface area contributed by atoms with Crippen molar-refractivity contribution in [1.82, 2.24) is 5.32 Å². The fourth-order valence-electron chi connectivity index (χ4n) is 1.67. The van der Waals surface area contributed by atoms with Crippen LogP contribution in [0.1, 0.15) is 15.2 Å². The summed E-state index contributed by atoms with van der Waals surface area (Å²) in [7, 11) is 1.60. The van der Waals surface area contributed by atoms with Gasteiger partial charge in [-0.15, -0.1) is 11.3 Å². The lowest BCUT2D eigenvalue weighted by molar-refractivity contribution is 0.0956. The smallest absolute Gasteiger partial charge is 0.251 e. The SMILES string of the molecule is COc1cccc(C(=O)NCCSCc2cccs2)c1. The predicted molar refractivity (Wildman–Crippen MR) is 85.8 cm³/mol. The van der Waals surface area contributed by atoms with Gasteiger partial charge in [0.2, 0.25) is 0 Å². The van der Waals surface area contributed by atoms with Crippen molar-refractivity contribution < 1.29 is 9.53 Å². The largest absolute Gasteiger partial charge is 0.497 e. The summed E-state index contributed by atoms with van der Waals surface area (Å²) >= 11 is 3.59. The molecule has 1 aromatic carbocycles. The highest BCUT2D eigenvalue weighted by molar-refractivity contribution is 7.98. The van der Waals surface area contributed by atoms with Crippen LogP contribution in [0.15, 0.2) is 41.8 Å². The van der Waals surface area contributed by atoms with Crippen LogP contribution in [0.25, 0.3) is 0 Å². The number of thiophene rings is 1. The molecule has 2 rings (SSSR count). The topological polar surface area (TPSA) is 38.3 Å². The molecule has 0 aliphatic heterocycles. The lowest BCUT2D eigenvalue weighted by Crippen LogP contribution is -2.25.